The number of thiazole rings is 1. The lowest BCUT2D eigenvalue weighted by Gasteiger charge is -1.99. The SMILES string of the molecule is O=C(/C=C/c1c(Cl)nc2sccn12)NS(=O)(=O)/C=C/c1ccccc1. The van der Waals surface area contributed by atoms with Crippen molar-refractivity contribution < 1.29 is 13.2 Å². The second-order valence-corrected chi connectivity index (χ2v) is 7.70. The maximum absolute atomic E-state index is 11.9. The third-order valence-corrected chi connectivity index (χ3v) is 5.14. The zero-order chi connectivity index (χ0) is 17.9. The Morgan fingerprint density at radius 1 is 1.24 bits per heavy atom. The fraction of sp³-hybridized carbons (Fsp3) is 0. The average molecular weight is 394 g/mol. The molecule has 0 aliphatic carbocycles. The van der Waals surface area contributed by atoms with E-state index in [1.165, 1.54) is 23.5 Å². The van der Waals surface area contributed by atoms with Gasteiger partial charge in [0.2, 0.25) is 0 Å². The van der Waals surface area contributed by atoms with Gasteiger partial charge in [0.1, 0.15) is 0 Å². The molecule has 0 spiro atoms. The number of amides is 1. The minimum absolute atomic E-state index is 0.239. The highest BCUT2D eigenvalue weighted by molar-refractivity contribution is 7.93. The number of hydrogen-bond donors (Lipinski definition) is 1. The van der Waals surface area contributed by atoms with Crippen LogP contribution in [0.2, 0.25) is 5.15 Å². The fourth-order valence-corrected chi connectivity index (χ4v) is 3.78. The summed E-state index contributed by atoms with van der Waals surface area (Å²) in [5.41, 5.74) is 1.21. The van der Waals surface area contributed by atoms with Crippen molar-refractivity contribution in [2.24, 2.45) is 0 Å². The minimum atomic E-state index is -3.90. The van der Waals surface area contributed by atoms with E-state index in [1.807, 2.05) is 16.2 Å². The first-order valence-electron chi connectivity index (χ1n) is 7.04. The van der Waals surface area contributed by atoms with Crippen LogP contribution in [0.3, 0.4) is 0 Å². The third-order valence-electron chi connectivity index (χ3n) is 3.13. The lowest BCUT2D eigenvalue weighted by molar-refractivity contribution is -0.114. The summed E-state index contributed by atoms with van der Waals surface area (Å²) >= 11 is 7.40. The second kappa shape index (κ2) is 7.22. The fourth-order valence-electron chi connectivity index (χ4n) is 2.02. The topological polar surface area (TPSA) is 80.5 Å². The van der Waals surface area contributed by atoms with Crippen LogP contribution < -0.4 is 4.72 Å². The molecular weight excluding hydrogens is 382 g/mol. The molecule has 0 radical (unpaired) electrons. The molecule has 1 amide bonds. The standard InChI is InChI=1S/C16H12ClN3O3S2/c17-15-13(20-9-10-24-16(20)18-15)6-7-14(21)19-25(22,23)11-8-12-4-2-1-3-5-12/h1-11H,(H,19,21)/b7-6+,11-8+. The van der Waals surface area contributed by atoms with Crippen molar-refractivity contribution in [2.75, 3.05) is 0 Å². The molecule has 3 aromatic rings. The number of carbonyl (C=O) groups is 1. The van der Waals surface area contributed by atoms with Crippen LogP contribution in [0.4, 0.5) is 0 Å². The van der Waals surface area contributed by atoms with Crippen molar-refractivity contribution in [2.45, 2.75) is 0 Å². The summed E-state index contributed by atoms with van der Waals surface area (Å²) in [6.07, 6.45) is 5.68. The first kappa shape index (κ1) is 17.4. The highest BCUT2D eigenvalue weighted by Gasteiger charge is 2.11. The summed E-state index contributed by atoms with van der Waals surface area (Å²) in [6.45, 7) is 0. The van der Waals surface area contributed by atoms with Crippen LogP contribution >= 0.6 is 22.9 Å². The van der Waals surface area contributed by atoms with Crippen LogP contribution in [-0.2, 0) is 14.8 Å². The Morgan fingerprint density at radius 2 is 2.00 bits per heavy atom. The number of carbonyl (C=O) groups excluding carboxylic acids is 1. The molecular formula is C16H12ClN3O3S2. The predicted octanol–water partition coefficient (Wildman–Crippen LogP) is 3.18. The molecule has 0 bridgehead atoms. The highest BCUT2D eigenvalue weighted by atomic mass is 35.5. The van der Waals surface area contributed by atoms with E-state index >= 15 is 0 Å². The summed E-state index contributed by atoms with van der Waals surface area (Å²) in [7, 11) is -3.90. The number of imidazole rings is 1. The van der Waals surface area contributed by atoms with Gasteiger partial charge in [0, 0.05) is 17.7 Å². The Bertz CT molecular complexity index is 1070. The molecule has 128 valence electrons. The number of rotatable bonds is 5. The summed E-state index contributed by atoms with van der Waals surface area (Å²) in [4.78, 5) is 16.7. The number of fused-ring (bicyclic) bond motifs is 1. The molecule has 2 aromatic heterocycles. The van der Waals surface area contributed by atoms with Crippen molar-refractivity contribution in [3.05, 3.63) is 69.8 Å². The monoisotopic (exact) mass is 393 g/mol. The summed E-state index contributed by atoms with van der Waals surface area (Å²) in [5, 5.41) is 3.01. The van der Waals surface area contributed by atoms with Crippen LogP contribution in [0.5, 0.6) is 0 Å². The van der Waals surface area contributed by atoms with E-state index < -0.39 is 15.9 Å². The van der Waals surface area contributed by atoms with Crippen LogP contribution in [0, 0.1) is 0 Å². The van der Waals surface area contributed by atoms with Crippen LogP contribution in [-0.4, -0.2) is 23.7 Å². The van der Waals surface area contributed by atoms with E-state index in [4.69, 9.17) is 11.6 Å². The maximum Gasteiger partial charge on any atom is 0.257 e. The number of nitrogens with one attached hydrogen (secondary N) is 1. The van der Waals surface area contributed by atoms with E-state index in [0.29, 0.717) is 16.2 Å². The Kier molecular flexibility index (Phi) is 5.03. The molecule has 0 saturated heterocycles. The van der Waals surface area contributed by atoms with Gasteiger partial charge in [-0.3, -0.25) is 9.20 Å². The van der Waals surface area contributed by atoms with Gasteiger partial charge in [-0.15, -0.1) is 11.3 Å². The Hall–Kier alpha value is -2.42. The van der Waals surface area contributed by atoms with Crippen LogP contribution in [0.1, 0.15) is 11.3 Å². The van der Waals surface area contributed by atoms with Crippen LogP contribution in [0.15, 0.2) is 53.4 Å². The predicted molar refractivity (Wildman–Crippen MR) is 99.7 cm³/mol. The van der Waals surface area contributed by atoms with Gasteiger partial charge in [-0.2, -0.15) is 0 Å². The van der Waals surface area contributed by atoms with Gasteiger partial charge in [0.05, 0.1) is 11.1 Å². The summed E-state index contributed by atoms with van der Waals surface area (Å²) < 4.78 is 27.5. The minimum Gasteiger partial charge on any atom is -0.289 e. The van der Waals surface area contributed by atoms with Gasteiger partial charge < -0.3 is 0 Å². The number of sulfonamides is 1. The largest absolute Gasteiger partial charge is 0.289 e. The number of halogens is 1. The number of hydrogen-bond acceptors (Lipinski definition) is 5. The summed E-state index contributed by atoms with van der Waals surface area (Å²) in [5.74, 6) is -0.779. The molecule has 1 aromatic carbocycles. The van der Waals surface area contributed by atoms with Crippen LogP contribution in [0.25, 0.3) is 17.1 Å². The van der Waals surface area contributed by atoms with E-state index in [0.717, 1.165) is 11.5 Å². The summed E-state index contributed by atoms with van der Waals surface area (Å²) in [6, 6.07) is 8.90. The average Bonchev–Trinajstić information content (AvgIpc) is 3.12. The zero-order valence-corrected chi connectivity index (χ0v) is 15.1. The molecule has 25 heavy (non-hydrogen) atoms. The lowest BCUT2D eigenvalue weighted by atomic mass is 10.2. The smallest absolute Gasteiger partial charge is 0.257 e. The molecule has 0 fully saturated rings. The highest BCUT2D eigenvalue weighted by Crippen LogP contribution is 2.22. The van der Waals surface area contributed by atoms with Crippen molar-refractivity contribution in [1.82, 2.24) is 14.1 Å². The number of benzene rings is 1. The molecule has 0 saturated carbocycles. The third kappa shape index (κ3) is 4.36. The first-order valence-corrected chi connectivity index (χ1v) is 9.84. The Labute approximate surface area is 153 Å². The van der Waals surface area contributed by atoms with Crippen molar-refractivity contribution >= 4 is 56.0 Å². The van der Waals surface area contributed by atoms with Crippen molar-refractivity contribution in [3.63, 3.8) is 0 Å². The van der Waals surface area contributed by atoms with Gasteiger partial charge in [0.15, 0.2) is 10.1 Å². The molecule has 2 heterocycles. The normalized spacial score (nSPS) is 12.4. The van der Waals surface area contributed by atoms with E-state index in [9.17, 15) is 13.2 Å². The molecule has 6 nitrogen and oxygen atoms in total. The Morgan fingerprint density at radius 3 is 2.76 bits per heavy atom. The lowest BCUT2D eigenvalue weighted by Crippen LogP contribution is -2.26. The molecule has 0 aliphatic heterocycles. The molecule has 1 N–H and O–H groups in total. The quantitative estimate of drug-likeness (QED) is 0.675. The van der Waals surface area contributed by atoms with Gasteiger partial charge in [0.25, 0.3) is 15.9 Å². The van der Waals surface area contributed by atoms with Crippen molar-refractivity contribution in [3.8, 4) is 0 Å². The van der Waals surface area contributed by atoms with Crippen molar-refractivity contribution in [1.29, 1.82) is 0 Å². The van der Waals surface area contributed by atoms with E-state index in [2.05, 4.69) is 4.98 Å². The number of nitrogens with zero attached hydrogens (tertiary/aromatic N) is 2. The van der Waals surface area contributed by atoms with E-state index in [-0.39, 0.29) is 5.15 Å². The second-order valence-electron chi connectivity index (χ2n) is 4.90. The van der Waals surface area contributed by atoms with Gasteiger partial charge in [-0.1, -0.05) is 41.9 Å². The molecule has 0 atom stereocenters. The van der Waals surface area contributed by atoms with E-state index in [1.54, 1.807) is 34.9 Å². The molecule has 0 unspecified atom stereocenters. The molecule has 9 heteroatoms. The zero-order valence-electron chi connectivity index (χ0n) is 12.7. The maximum atomic E-state index is 11.9. The molecule has 0 aliphatic rings. The number of aromatic nitrogens is 2. The first-order chi connectivity index (χ1) is 11.9. The van der Waals surface area contributed by atoms with Gasteiger partial charge in [-0.05, 0) is 17.7 Å². The Balaban J connectivity index is 1.70. The molecule has 3 rings (SSSR count). The van der Waals surface area contributed by atoms with Gasteiger partial charge in [-0.25, -0.2) is 18.1 Å². The van der Waals surface area contributed by atoms with Gasteiger partial charge >= 0.3 is 0 Å².